The molecule has 2 aliphatic heterocycles. The van der Waals surface area contributed by atoms with E-state index in [9.17, 15) is 9.59 Å². The first-order valence-corrected chi connectivity index (χ1v) is 10.6. The first kappa shape index (κ1) is 22.2. The zero-order chi connectivity index (χ0) is 20.2. The van der Waals surface area contributed by atoms with E-state index in [2.05, 4.69) is 13.8 Å². The lowest BCUT2D eigenvalue weighted by molar-refractivity contribution is -0.173. The van der Waals surface area contributed by atoms with Crippen molar-refractivity contribution in [1.29, 1.82) is 0 Å². The van der Waals surface area contributed by atoms with E-state index >= 15 is 0 Å². The van der Waals surface area contributed by atoms with Crippen LogP contribution in [-0.4, -0.2) is 42.1 Å². The molecule has 4 rings (SSSR count). The second kappa shape index (κ2) is 8.91. The molecule has 6 atom stereocenters. The molecule has 0 N–H and O–H groups in total. The van der Waals surface area contributed by atoms with E-state index in [-0.39, 0.29) is 54.0 Å². The average Bonchev–Trinajstić information content (AvgIpc) is 3.56. The summed E-state index contributed by atoms with van der Waals surface area (Å²) in [4.78, 5) is 24.1. The van der Waals surface area contributed by atoms with Crippen LogP contribution in [0.1, 0.15) is 80.1 Å². The minimum absolute atomic E-state index is 0.0103. The highest BCUT2D eigenvalue weighted by molar-refractivity contribution is 5.74. The first-order valence-electron chi connectivity index (χ1n) is 10.6. The van der Waals surface area contributed by atoms with E-state index in [1.807, 2.05) is 27.7 Å². The lowest BCUT2D eigenvalue weighted by Crippen LogP contribution is -2.30. The summed E-state index contributed by atoms with van der Waals surface area (Å²) >= 11 is 0. The van der Waals surface area contributed by atoms with Crippen molar-refractivity contribution in [3.8, 4) is 0 Å². The fraction of sp³-hybridized carbons (Fsp3) is 0.905. The molecule has 0 bridgehead atoms. The summed E-state index contributed by atoms with van der Waals surface area (Å²) in [7, 11) is 0. The molecule has 4 aliphatic rings. The van der Waals surface area contributed by atoms with Crippen LogP contribution in [0.15, 0.2) is 0 Å². The highest BCUT2D eigenvalue weighted by atomic mass is 16.7. The van der Waals surface area contributed by atoms with Crippen LogP contribution in [-0.2, 0) is 28.5 Å². The van der Waals surface area contributed by atoms with Crippen molar-refractivity contribution in [2.75, 3.05) is 6.79 Å². The number of carbonyl (C=O) groups is 2. The summed E-state index contributed by atoms with van der Waals surface area (Å²) in [5.74, 6) is -0.830. The topological polar surface area (TPSA) is 77.7 Å². The standard InChI is InChI=1S/C17H24O6.2C2H6/c1-16-5-3-10(7-12(16)22-16)14(18)20-9-21-15(19)11-4-6-17(2)13(8-11)23-17;2*1-2/h10-13H,3-9H2,1-2H3;2*1-2H3. The van der Waals surface area contributed by atoms with E-state index in [0.717, 1.165) is 25.7 Å². The molecule has 2 aliphatic carbocycles. The maximum Gasteiger partial charge on any atom is 0.311 e. The van der Waals surface area contributed by atoms with Crippen molar-refractivity contribution < 1.29 is 28.5 Å². The van der Waals surface area contributed by atoms with Crippen molar-refractivity contribution in [1.82, 2.24) is 0 Å². The van der Waals surface area contributed by atoms with Gasteiger partial charge in [-0.25, -0.2) is 0 Å². The van der Waals surface area contributed by atoms with Crippen molar-refractivity contribution >= 4 is 11.9 Å². The lowest BCUT2D eigenvalue weighted by atomic mass is 9.83. The van der Waals surface area contributed by atoms with E-state index in [1.165, 1.54) is 0 Å². The predicted octanol–water partition coefficient (Wildman–Crippen LogP) is 4.00. The summed E-state index contributed by atoms with van der Waals surface area (Å²) in [6.45, 7) is 11.9. The molecule has 2 saturated carbocycles. The molecule has 6 heteroatoms. The van der Waals surface area contributed by atoms with Gasteiger partial charge in [-0.05, 0) is 52.4 Å². The first-order chi connectivity index (χ1) is 12.9. The third-order valence-corrected chi connectivity index (χ3v) is 6.12. The largest absolute Gasteiger partial charge is 0.428 e. The fourth-order valence-electron chi connectivity index (χ4n) is 4.10. The van der Waals surface area contributed by atoms with Gasteiger partial charge in [0.1, 0.15) is 0 Å². The Bertz CT molecular complexity index is 489. The van der Waals surface area contributed by atoms with Crippen LogP contribution < -0.4 is 0 Å². The molecule has 0 aromatic heterocycles. The summed E-state index contributed by atoms with van der Waals surface area (Å²) < 4.78 is 21.4. The Morgan fingerprint density at radius 1 is 0.815 bits per heavy atom. The van der Waals surface area contributed by atoms with Crippen LogP contribution >= 0.6 is 0 Å². The molecule has 0 aromatic carbocycles. The second-order valence-electron chi connectivity index (χ2n) is 7.83. The molecule has 2 saturated heterocycles. The van der Waals surface area contributed by atoms with Gasteiger partial charge in [0.05, 0.1) is 35.2 Å². The van der Waals surface area contributed by atoms with Gasteiger partial charge in [0, 0.05) is 0 Å². The number of fused-ring (bicyclic) bond motifs is 2. The third kappa shape index (κ3) is 5.02. The van der Waals surface area contributed by atoms with Gasteiger partial charge in [0.15, 0.2) is 0 Å². The zero-order valence-electron chi connectivity index (χ0n) is 17.7. The van der Waals surface area contributed by atoms with E-state index < -0.39 is 0 Å². The molecule has 27 heavy (non-hydrogen) atoms. The normalized spacial score (nSPS) is 40.5. The van der Waals surface area contributed by atoms with E-state index in [1.54, 1.807) is 0 Å². The summed E-state index contributed by atoms with van der Waals surface area (Å²) in [6.07, 6.45) is 5.13. The van der Waals surface area contributed by atoms with Crippen molar-refractivity contribution in [2.45, 2.75) is 103 Å². The smallest absolute Gasteiger partial charge is 0.311 e. The van der Waals surface area contributed by atoms with Crippen LogP contribution in [0.25, 0.3) is 0 Å². The number of carbonyl (C=O) groups excluding carboxylic acids is 2. The van der Waals surface area contributed by atoms with Gasteiger partial charge in [-0.2, -0.15) is 0 Å². The minimum atomic E-state index is -0.281. The molecule has 0 spiro atoms. The van der Waals surface area contributed by atoms with Gasteiger partial charge in [0.25, 0.3) is 0 Å². The molecule has 2 heterocycles. The number of hydrogen-bond donors (Lipinski definition) is 0. The van der Waals surface area contributed by atoms with Gasteiger partial charge in [0.2, 0.25) is 6.79 Å². The van der Waals surface area contributed by atoms with Gasteiger partial charge in [-0.3, -0.25) is 9.59 Å². The number of rotatable bonds is 4. The van der Waals surface area contributed by atoms with E-state index in [4.69, 9.17) is 18.9 Å². The molecular formula is C21H36O6. The zero-order valence-corrected chi connectivity index (χ0v) is 17.7. The monoisotopic (exact) mass is 384 g/mol. The number of esters is 2. The molecule has 0 amide bonds. The Morgan fingerprint density at radius 2 is 1.19 bits per heavy atom. The molecule has 4 fully saturated rings. The van der Waals surface area contributed by atoms with Crippen molar-refractivity contribution in [3.05, 3.63) is 0 Å². The Morgan fingerprint density at radius 3 is 1.52 bits per heavy atom. The maximum atomic E-state index is 12.0. The van der Waals surface area contributed by atoms with Gasteiger partial charge in [-0.15, -0.1) is 0 Å². The van der Waals surface area contributed by atoms with Crippen LogP contribution in [0.4, 0.5) is 0 Å². The summed E-state index contributed by atoms with van der Waals surface area (Å²) in [5.41, 5.74) is -0.0206. The fourth-order valence-corrected chi connectivity index (χ4v) is 4.10. The highest BCUT2D eigenvalue weighted by Crippen LogP contribution is 2.50. The number of epoxide rings is 2. The average molecular weight is 385 g/mol. The number of ether oxygens (including phenoxy) is 4. The quantitative estimate of drug-likeness (QED) is 0.414. The van der Waals surface area contributed by atoms with Crippen LogP contribution in [0, 0.1) is 11.8 Å². The highest BCUT2D eigenvalue weighted by Gasteiger charge is 2.57. The van der Waals surface area contributed by atoms with Crippen molar-refractivity contribution in [3.63, 3.8) is 0 Å². The molecule has 0 aromatic rings. The van der Waals surface area contributed by atoms with Gasteiger partial charge >= 0.3 is 11.9 Å². The second-order valence-corrected chi connectivity index (χ2v) is 7.83. The third-order valence-electron chi connectivity index (χ3n) is 6.12. The Kier molecular flexibility index (Phi) is 7.31. The molecular weight excluding hydrogens is 348 g/mol. The Labute approximate surface area is 163 Å². The van der Waals surface area contributed by atoms with Crippen LogP contribution in [0.2, 0.25) is 0 Å². The van der Waals surface area contributed by atoms with Gasteiger partial charge < -0.3 is 18.9 Å². The Hall–Kier alpha value is -1.14. The Balaban J connectivity index is 0.000000614. The maximum absolute atomic E-state index is 12.0. The summed E-state index contributed by atoms with van der Waals surface area (Å²) in [5, 5.41) is 0. The van der Waals surface area contributed by atoms with Gasteiger partial charge in [-0.1, -0.05) is 27.7 Å². The SMILES string of the molecule is CC.CC.CC12CCC(C(=O)OCOC(=O)C3CCC4(C)OC4C3)CC1O2. The number of hydrogen-bond acceptors (Lipinski definition) is 6. The minimum Gasteiger partial charge on any atom is -0.428 e. The predicted molar refractivity (Wildman–Crippen MR) is 101 cm³/mol. The summed E-state index contributed by atoms with van der Waals surface area (Å²) in [6, 6.07) is 0. The molecule has 156 valence electrons. The molecule has 6 unspecified atom stereocenters. The molecule has 6 nitrogen and oxygen atoms in total. The van der Waals surface area contributed by atoms with Crippen LogP contribution in [0.3, 0.4) is 0 Å². The lowest BCUT2D eigenvalue weighted by Gasteiger charge is -2.22. The molecule has 0 radical (unpaired) electrons. The van der Waals surface area contributed by atoms with E-state index in [0.29, 0.717) is 12.8 Å². The van der Waals surface area contributed by atoms with Crippen molar-refractivity contribution in [2.24, 2.45) is 11.8 Å². The van der Waals surface area contributed by atoms with Crippen LogP contribution in [0.5, 0.6) is 0 Å².